The summed E-state index contributed by atoms with van der Waals surface area (Å²) in [5, 5.41) is 10.5. The monoisotopic (exact) mass is 319 g/mol. The van der Waals surface area contributed by atoms with Gasteiger partial charge in [-0.1, -0.05) is 25.8 Å². The minimum Gasteiger partial charge on any atom is -0.418 e. The Morgan fingerprint density at radius 2 is 2.27 bits per heavy atom. The Labute approximate surface area is 136 Å². The maximum atomic E-state index is 5.90. The first-order valence-corrected chi connectivity index (χ1v) is 9.27. The smallest absolute Gasteiger partial charge is 0.257 e. The van der Waals surface area contributed by atoms with Crippen molar-refractivity contribution in [2.24, 2.45) is 5.92 Å². The second-order valence-corrected chi connectivity index (χ2v) is 7.17. The summed E-state index contributed by atoms with van der Waals surface area (Å²) in [6.07, 6.45) is 6.60. The first-order chi connectivity index (χ1) is 10.8. The maximum Gasteiger partial charge on any atom is 0.257 e. The summed E-state index contributed by atoms with van der Waals surface area (Å²) in [7, 11) is 0. The Balaban J connectivity index is 1.65. The number of thiophene rings is 1. The summed E-state index contributed by atoms with van der Waals surface area (Å²) in [6, 6.07) is 4.24. The maximum absolute atomic E-state index is 5.90. The Hall–Kier alpha value is -1.20. The van der Waals surface area contributed by atoms with Crippen LogP contribution >= 0.6 is 11.3 Å². The number of hydrogen-bond donors (Lipinski definition) is 0. The molecule has 5 heteroatoms. The molecule has 2 aromatic heterocycles. The molecule has 0 saturated carbocycles. The number of nitrogens with zero attached hydrogens (tertiary/aromatic N) is 3. The zero-order chi connectivity index (χ0) is 15.4. The average Bonchev–Trinajstić information content (AvgIpc) is 3.16. The van der Waals surface area contributed by atoms with Gasteiger partial charge in [0.2, 0.25) is 5.89 Å². The third kappa shape index (κ3) is 3.58. The van der Waals surface area contributed by atoms with Crippen LogP contribution in [-0.2, 0) is 0 Å². The lowest BCUT2D eigenvalue weighted by atomic mass is 9.96. The van der Waals surface area contributed by atoms with Crippen LogP contribution in [-0.4, -0.2) is 28.2 Å². The molecule has 0 bridgehead atoms. The molecule has 1 saturated heterocycles. The minimum atomic E-state index is 0.210. The van der Waals surface area contributed by atoms with Crippen molar-refractivity contribution < 1.29 is 4.42 Å². The van der Waals surface area contributed by atoms with Crippen LogP contribution in [0.4, 0.5) is 0 Å². The van der Waals surface area contributed by atoms with E-state index in [9.17, 15) is 0 Å². The van der Waals surface area contributed by atoms with Crippen molar-refractivity contribution >= 4 is 11.3 Å². The summed E-state index contributed by atoms with van der Waals surface area (Å²) in [5.41, 5.74) is 0. The second-order valence-electron chi connectivity index (χ2n) is 6.22. The zero-order valence-electron chi connectivity index (χ0n) is 13.5. The van der Waals surface area contributed by atoms with Crippen LogP contribution in [0.25, 0.3) is 10.8 Å². The van der Waals surface area contributed by atoms with Gasteiger partial charge >= 0.3 is 0 Å². The molecule has 4 nitrogen and oxygen atoms in total. The van der Waals surface area contributed by atoms with E-state index in [2.05, 4.69) is 28.9 Å². The van der Waals surface area contributed by atoms with E-state index < -0.39 is 0 Å². The number of aromatic nitrogens is 2. The molecule has 0 spiro atoms. The van der Waals surface area contributed by atoms with Gasteiger partial charge in [-0.05, 0) is 56.6 Å². The van der Waals surface area contributed by atoms with Crippen LogP contribution in [0.3, 0.4) is 0 Å². The van der Waals surface area contributed by atoms with Crippen LogP contribution in [0.5, 0.6) is 0 Å². The van der Waals surface area contributed by atoms with E-state index in [0.29, 0.717) is 5.89 Å². The molecule has 2 aromatic rings. The van der Waals surface area contributed by atoms with Crippen molar-refractivity contribution in [2.45, 2.75) is 52.0 Å². The fourth-order valence-electron chi connectivity index (χ4n) is 3.33. The molecule has 2 atom stereocenters. The lowest BCUT2D eigenvalue weighted by Crippen LogP contribution is -2.28. The van der Waals surface area contributed by atoms with Gasteiger partial charge in [0.25, 0.3) is 5.89 Å². The topological polar surface area (TPSA) is 42.2 Å². The van der Waals surface area contributed by atoms with Gasteiger partial charge in [0.1, 0.15) is 0 Å². The van der Waals surface area contributed by atoms with E-state index in [0.717, 1.165) is 29.8 Å². The first-order valence-electron chi connectivity index (χ1n) is 8.39. The number of hydrogen-bond acceptors (Lipinski definition) is 5. The Morgan fingerprint density at radius 1 is 1.36 bits per heavy atom. The molecule has 0 unspecified atom stereocenters. The van der Waals surface area contributed by atoms with E-state index in [1.807, 2.05) is 17.5 Å². The highest BCUT2D eigenvalue weighted by atomic mass is 32.1. The van der Waals surface area contributed by atoms with Crippen LogP contribution in [0.2, 0.25) is 0 Å². The molecule has 120 valence electrons. The second kappa shape index (κ2) is 7.38. The SMILES string of the molecule is CCC[C@H]1CCCN([C@H](C)c2nnc(-c3cccs3)o2)CC1. The third-order valence-corrected chi connectivity index (χ3v) is 5.51. The van der Waals surface area contributed by atoms with Gasteiger partial charge in [-0.3, -0.25) is 4.90 Å². The molecule has 1 aliphatic heterocycles. The van der Waals surface area contributed by atoms with Gasteiger partial charge < -0.3 is 4.42 Å². The molecule has 1 fully saturated rings. The van der Waals surface area contributed by atoms with Crippen LogP contribution in [0.1, 0.15) is 57.9 Å². The molecular weight excluding hydrogens is 294 g/mol. The summed E-state index contributed by atoms with van der Waals surface area (Å²) >= 11 is 1.64. The molecular formula is C17H25N3OS. The largest absolute Gasteiger partial charge is 0.418 e. The highest BCUT2D eigenvalue weighted by Gasteiger charge is 2.25. The quantitative estimate of drug-likeness (QED) is 0.796. The fraction of sp³-hybridized carbons (Fsp3) is 0.647. The minimum absolute atomic E-state index is 0.210. The molecule has 0 aliphatic carbocycles. The molecule has 3 rings (SSSR count). The van der Waals surface area contributed by atoms with E-state index in [1.165, 1.54) is 32.1 Å². The number of rotatable bonds is 5. The molecule has 22 heavy (non-hydrogen) atoms. The first kappa shape index (κ1) is 15.7. The fourth-order valence-corrected chi connectivity index (χ4v) is 3.98. The predicted octanol–water partition coefficient (Wildman–Crippen LogP) is 4.76. The molecule has 1 aliphatic rings. The Bertz CT molecular complexity index is 566. The van der Waals surface area contributed by atoms with Crippen molar-refractivity contribution in [3.05, 3.63) is 23.4 Å². The third-order valence-electron chi connectivity index (χ3n) is 4.66. The lowest BCUT2D eigenvalue weighted by molar-refractivity contribution is 0.188. The average molecular weight is 319 g/mol. The summed E-state index contributed by atoms with van der Waals surface area (Å²) in [6.45, 7) is 6.75. The van der Waals surface area contributed by atoms with E-state index in [4.69, 9.17) is 4.42 Å². The van der Waals surface area contributed by atoms with E-state index in [1.54, 1.807) is 11.3 Å². The molecule has 0 aromatic carbocycles. The van der Waals surface area contributed by atoms with E-state index >= 15 is 0 Å². The highest BCUT2D eigenvalue weighted by molar-refractivity contribution is 7.13. The highest BCUT2D eigenvalue weighted by Crippen LogP contribution is 2.29. The number of likely N-dealkylation sites (tertiary alicyclic amines) is 1. The van der Waals surface area contributed by atoms with Crippen molar-refractivity contribution in [3.8, 4) is 10.8 Å². The van der Waals surface area contributed by atoms with Gasteiger partial charge in [0, 0.05) is 0 Å². The Kier molecular flexibility index (Phi) is 5.26. The van der Waals surface area contributed by atoms with Crippen LogP contribution in [0, 0.1) is 5.92 Å². The van der Waals surface area contributed by atoms with E-state index in [-0.39, 0.29) is 6.04 Å². The van der Waals surface area contributed by atoms with Crippen LogP contribution < -0.4 is 0 Å². The lowest BCUT2D eigenvalue weighted by Gasteiger charge is -2.24. The predicted molar refractivity (Wildman–Crippen MR) is 89.8 cm³/mol. The molecule has 3 heterocycles. The van der Waals surface area contributed by atoms with Gasteiger partial charge in [0.15, 0.2) is 0 Å². The standard InChI is InChI=1S/C17H25N3OS/c1-3-6-14-7-4-10-20(11-9-14)13(2)16-18-19-17(21-16)15-8-5-12-22-15/h5,8,12-14H,3-4,6-7,9-11H2,1-2H3/t13-,14+/m1/s1. The summed E-state index contributed by atoms with van der Waals surface area (Å²) in [4.78, 5) is 3.55. The van der Waals surface area contributed by atoms with Gasteiger partial charge in [0.05, 0.1) is 10.9 Å². The molecule has 0 amide bonds. The summed E-state index contributed by atoms with van der Waals surface area (Å²) in [5.74, 6) is 2.29. The van der Waals surface area contributed by atoms with Gasteiger partial charge in [-0.15, -0.1) is 21.5 Å². The van der Waals surface area contributed by atoms with Crippen molar-refractivity contribution in [2.75, 3.05) is 13.1 Å². The molecule has 0 N–H and O–H groups in total. The van der Waals surface area contributed by atoms with Gasteiger partial charge in [-0.2, -0.15) is 0 Å². The van der Waals surface area contributed by atoms with Crippen LogP contribution in [0.15, 0.2) is 21.9 Å². The zero-order valence-corrected chi connectivity index (χ0v) is 14.3. The molecule has 0 radical (unpaired) electrons. The van der Waals surface area contributed by atoms with Gasteiger partial charge in [-0.25, -0.2) is 0 Å². The van der Waals surface area contributed by atoms with Crippen molar-refractivity contribution in [1.82, 2.24) is 15.1 Å². The summed E-state index contributed by atoms with van der Waals surface area (Å²) < 4.78 is 5.90. The van der Waals surface area contributed by atoms with Crippen molar-refractivity contribution in [3.63, 3.8) is 0 Å². The Morgan fingerprint density at radius 3 is 3.05 bits per heavy atom. The van der Waals surface area contributed by atoms with Crippen molar-refractivity contribution in [1.29, 1.82) is 0 Å². The normalized spacial score (nSPS) is 21.6.